The molecule has 146 valence electrons. The molecule has 0 aromatic heterocycles. The van der Waals surface area contributed by atoms with Crippen LogP contribution in [-0.4, -0.2) is 63.8 Å². The lowest BCUT2D eigenvalue weighted by Gasteiger charge is -2.26. The monoisotopic (exact) mass is 456 g/mol. The van der Waals surface area contributed by atoms with Crippen molar-refractivity contribution in [2.75, 3.05) is 45.2 Å². The van der Waals surface area contributed by atoms with Crippen LogP contribution in [-0.2, 0) is 19.6 Å². The molecule has 2 aromatic rings. The maximum absolute atomic E-state index is 12.2. The summed E-state index contributed by atoms with van der Waals surface area (Å²) < 4.78 is 37.4. The Morgan fingerprint density at radius 1 is 1.15 bits per heavy atom. The lowest BCUT2D eigenvalue weighted by molar-refractivity contribution is -0.122. The number of halogens is 1. The third-order valence-electron chi connectivity index (χ3n) is 4.19. The van der Waals surface area contributed by atoms with Gasteiger partial charge in [0, 0.05) is 24.1 Å². The SMILES string of the molecule is O=C(COc1ccc2cc(Br)ccc2c1)NCCS(=O)(=O)N1CCOCC1. The molecule has 1 fully saturated rings. The molecular weight excluding hydrogens is 436 g/mol. The van der Waals surface area contributed by atoms with E-state index in [2.05, 4.69) is 21.2 Å². The quantitative estimate of drug-likeness (QED) is 0.685. The maximum Gasteiger partial charge on any atom is 0.257 e. The number of nitrogens with zero attached hydrogens (tertiary/aromatic N) is 1. The van der Waals surface area contributed by atoms with Crippen molar-refractivity contribution in [3.8, 4) is 5.75 Å². The minimum atomic E-state index is -3.38. The third-order valence-corrected chi connectivity index (χ3v) is 6.55. The van der Waals surface area contributed by atoms with Crippen molar-refractivity contribution in [1.82, 2.24) is 9.62 Å². The number of ether oxygens (including phenoxy) is 2. The fourth-order valence-corrected chi connectivity index (χ4v) is 4.46. The molecule has 0 radical (unpaired) electrons. The van der Waals surface area contributed by atoms with Gasteiger partial charge in [0.15, 0.2) is 6.61 Å². The van der Waals surface area contributed by atoms with Crippen molar-refractivity contribution in [3.63, 3.8) is 0 Å². The van der Waals surface area contributed by atoms with Crippen LogP contribution in [0.25, 0.3) is 10.8 Å². The van der Waals surface area contributed by atoms with Gasteiger partial charge in [-0.3, -0.25) is 4.79 Å². The fraction of sp³-hybridized carbons (Fsp3) is 0.389. The molecule has 0 bridgehead atoms. The molecule has 7 nitrogen and oxygen atoms in total. The number of hydrogen-bond donors (Lipinski definition) is 1. The van der Waals surface area contributed by atoms with Crippen molar-refractivity contribution in [3.05, 3.63) is 40.9 Å². The topological polar surface area (TPSA) is 84.9 Å². The van der Waals surface area contributed by atoms with Gasteiger partial charge in [0.05, 0.1) is 19.0 Å². The molecule has 9 heteroatoms. The molecule has 0 saturated carbocycles. The number of amides is 1. The van der Waals surface area contributed by atoms with Gasteiger partial charge < -0.3 is 14.8 Å². The van der Waals surface area contributed by atoms with Gasteiger partial charge in [-0.25, -0.2) is 8.42 Å². The average molecular weight is 457 g/mol. The number of benzene rings is 2. The van der Waals surface area contributed by atoms with Crippen LogP contribution in [0.3, 0.4) is 0 Å². The van der Waals surface area contributed by atoms with Crippen LogP contribution >= 0.6 is 15.9 Å². The molecule has 1 aliphatic heterocycles. The Morgan fingerprint density at radius 3 is 2.63 bits per heavy atom. The second kappa shape index (κ2) is 9.01. The van der Waals surface area contributed by atoms with Crippen molar-refractivity contribution in [2.24, 2.45) is 0 Å². The second-order valence-electron chi connectivity index (χ2n) is 6.12. The number of rotatable bonds is 7. The summed E-state index contributed by atoms with van der Waals surface area (Å²) in [7, 11) is -3.38. The molecular formula is C18H21BrN2O5S. The molecule has 27 heavy (non-hydrogen) atoms. The predicted molar refractivity (Wildman–Crippen MR) is 106 cm³/mol. The Morgan fingerprint density at radius 2 is 1.85 bits per heavy atom. The summed E-state index contributed by atoms with van der Waals surface area (Å²) in [5, 5.41) is 4.66. The number of hydrogen-bond acceptors (Lipinski definition) is 5. The zero-order valence-electron chi connectivity index (χ0n) is 14.7. The van der Waals surface area contributed by atoms with Gasteiger partial charge in [0.25, 0.3) is 5.91 Å². The summed E-state index contributed by atoms with van der Waals surface area (Å²) in [4.78, 5) is 11.9. The summed E-state index contributed by atoms with van der Waals surface area (Å²) in [5.41, 5.74) is 0. The van der Waals surface area contributed by atoms with E-state index < -0.39 is 10.0 Å². The molecule has 3 rings (SSSR count). The number of nitrogens with one attached hydrogen (secondary N) is 1. The van der Waals surface area contributed by atoms with E-state index in [1.54, 1.807) is 6.07 Å². The molecule has 2 aromatic carbocycles. The van der Waals surface area contributed by atoms with Gasteiger partial charge in [-0.1, -0.05) is 28.1 Å². The number of morpholine rings is 1. The fourth-order valence-electron chi connectivity index (χ4n) is 2.76. The Balaban J connectivity index is 1.45. The van der Waals surface area contributed by atoms with E-state index in [1.807, 2.05) is 30.3 Å². The van der Waals surface area contributed by atoms with Crippen molar-refractivity contribution < 1.29 is 22.7 Å². The van der Waals surface area contributed by atoms with Crippen LogP contribution in [0.1, 0.15) is 0 Å². The van der Waals surface area contributed by atoms with Crippen LogP contribution in [0.2, 0.25) is 0 Å². The highest BCUT2D eigenvalue weighted by Crippen LogP contribution is 2.24. The van der Waals surface area contributed by atoms with E-state index in [4.69, 9.17) is 9.47 Å². The highest BCUT2D eigenvalue weighted by atomic mass is 79.9. The van der Waals surface area contributed by atoms with E-state index in [9.17, 15) is 13.2 Å². The Labute approximate surface area is 166 Å². The number of fused-ring (bicyclic) bond motifs is 1. The van der Waals surface area contributed by atoms with Gasteiger partial charge in [-0.15, -0.1) is 0 Å². The van der Waals surface area contributed by atoms with Crippen molar-refractivity contribution >= 4 is 42.6 Å². The first-order valence-electron chi connectivity index (χ1n) is 8.58. The van der Waals surface area contributed by atoms with Crippen LogP contribution < -0.4 is 10.1 Å². The molecule has 0 aliphatic carbocycles. The highest BCUT2D eigenvalue weighted by Gasteiger charge is 2.23. The minimum absolute atomic E-state index is 0.0492. The summed E-state index contributed by atoms with van der Waals surface area (Å²) in [5.74, 6) is 0.0906. The van der Waals surface area contributed by atoms with E-state index in [0.717, 1.165) is 15.2 Å². The zero-order chi connectivity index (χ0) is 19.3. The summed E-state index contributed by atoms with van der Waals surface area (Å²) in [6.45, 7) is 1.41. The van der Waals surface area contributed by atoms with Gasteiger partial charge in [0.1, 0.15) is 5.75 Å². The lowest BCUT2D eigenvalue weighted by atomic mass is 10.1. The molecule has 0 atom stereocenters. The largest absolute Gasteiger partial charge is 0.484 e. The Bertz CT molecular complexity index is 913. The summed E-state index contributed by atoms with van der Waals surface area (Å²) in [6.07, 6.45) is 0. The van der Waals surface area contributed by atoms with E-state index in [1.165, 1.54) is 4.31 Å². The van der Waals surface area contributed by atoms with Crippen LogP contribution in [0.5, 0.6) is 5.75 Å². The number of sulfonamides is 1. The first kappa shape index (κ1) is 20.1. The van der Waals surface area contributed by atoms with Crippen LogP contribution in [0.4, 0.5) is 0 Å². The third kappa shape index (κ3) is 5.65. The Kier molecular flexibility index (Phi) is 6.69. The molecule has 0 spiro atoms. The van der Waals surface area contributed by atoms with Gasteiger partial charge in [0.2, 0.25) is 10.0 Å². The first-order chi connectivity index (χ1) is 12.9. The lowest BCUT2D eigenvalue weighted by Crippen LogP contribution is -2.44. The molecule has 1 heterocycles. The number of carbonyl (C=O) groups excluding carboxylic acids is 1. The van der Waals surface area contributed by atoms with Crippen molar-refractivity contribution in [1.29, 1.82) is 0 Å². The smallest absolute Gasteiger partial charge is 0.257 e. The average Bonchev–Trinajstić information content (AvgIpc) is 2.67. The Hall–Kier alpha value is -1.68. The summed E-state index contributed by atoms with van der Waals surface area (Å²) >= 11 is 3.43. The normalized spacial score (nSPS) is 15.6. The van der Waals surface area contributed by atoms with E-state index in [-0.39, 0.29) is 24.8 Å². The maximum atomic E-state index is 12.2. The molecule has 0 unspecified atom stereocenters. The summed E-state index contributed by atoms with van der Waals surface area (Å²) in [6, 6.07) is 11.5. The molecule has 1 saturated heterocycles. The van der Waals surface area contributed by atoms with E-state index in [0.29, 0.717) is 32.1 Å². The van der Waals surface area contributed by atoms with Crippen molar-refractivity contribution in [2.45, 2.75) is 0 Å². The zero-order valence-corrected chi connectivity index (χ0v) is 17.1. The van der Waals surface area contributed by atoms with Gasteiger partial charge in [-0.05, 0) is 35.0 Å². The molecule has 1 aliphatic rings. The first-order valence-corrected chi connectivity index (χ1v) is 11.0. The second-order valence-corrected chi connectivity index (χ2v) is 9.12. The standard InChI is InChI=1S/C18H21BrN2O5S/c19-16-3-1-15-12-17(4-2-14(15)11-16)26-13-18(22)20-5-10-27(23,24)21-6-8-25-9-7-21/h1-4,11-12H,5-10,13H2,(H,20,22). The minimum Gasteiger partial charge on any atom is -0.484 e. The molecule has 1 N–H and O–H groups in total. The van der Waals surface area contributed by atoms with Gasteiger partial charge >= 0.3 is 0 Å². The number of carbonyl (C=O) groups is 1. The van der Waals surface area contributed by atoms with Crippen LogP contribution in [0.15, 0.2) is 40.9 Å². The van der Waals surface area contributed by atoms with Gasteiger partial charge in [-0.2, -0.15) is 4.31 Å². The van der Waals surface area contributed by atoms with E-state index >= 15 is 0 Å². The predicted octanol–water partition coefficient (Wildman–Crippen LogP) is 1.76. The molecule has 1 amide bonds. The highest BCUT2D eigenvalue weighted by molar-refractivity contribution is 9.10. The van der Waals surface area contributed by atoms with Crippen LogP contribution in [0, 0.1) is 0 Å².